The Morgan fingerprint density at radius 3 is 2.69 bits per heavy atom. The van der Waals surface area contributed by atoms with Crippen LogP contribution >= 0.6 is 0 Å². The third-order valence-electron chi connectivity index (χ3n) is 2.85. The quantitative estimate of drug-likeness (QED) is 0.563. The lowest BCUT2D eigenvalue weighted by molar-refractivity contribution is 0.600. The molecule has 1 aromatic rings. The number of aryl methyl sites for hydroxylation is 1. The predicted molar refractivity (Wildman–Crippen MR) is 68.9 cm³/mol. The first-order valence-electron chi connectivity index (χ1n) is 5.41. The van der Waals surface area contributed by atoms with Crippen molar-refractivity contribution in [3.8, 4) is 0 Å². The average Bonchev–Trinajstić information content (AvgIpc) is 2.66. The van der Waals surface area contributed by atoms with Crippen molar-refractivity contribution in [2.75, 3.05) is 32.1 Å². The Morgan fingerprint density at radius 2 is 2.12 bits per heavy atom. The van der Waals surface area contributed by atoms with E-state index in [1.165, 1.54) is 6.34 Å². The summed E-state index contributed by atoms with van der Waals surface area (Å²) in [5, 5.41) is 12.5. The maximum Gasteiger partial charge on any atom is 0.190 e. The molecule has 2 rings (SSSR count). The lowest BCUT2D eigenvalue weighted by atomic mass is 10.1. The van der Waals surface area contributed by atoms with Crippen LogP contribution in [0.3, 0.4) is 0 Å². The van der Waals surface area contributed by atoms with Crippen molar-refractivity contribution in [3.63, 3.8) is 0 Å². The predicted octanol–water partition coefficient (Wildman–Crippen LogP) is 1.91. The van der Waals surface area contributed by atoms with Crippen LogP contribution in [0.15, 0.2) is 23.2 Å². The second-order valence-corrected chi connectivity index (χ2v) is 4.43. The Kier molecular flexibility index (Phi) is 2.69. The lowest BCUT2D eigenvalue weighted by Gasteiger charge is -2.36. The summed E-state index contributed by atoms with van der Waals surface area (Å²) in [5.41, 5.74) is 2.86. The fourth-order valence-electron chi connectivity index (χ4n) is 1.95. The van der Waals surface area contributed by atoms with Gasteiger partial charge < -0.3 is 10.1 Å². The van der Waals surface area contributed by atoms with E-state index in [0.717, 1.165) is 16.9 Å². The number of hydrogen-bond donors (Lipinski definition) is 0. The Balaban J connectivity index is 2.53. The number of aliphatic imine (C=N–C) groups is 1. The van der Waals surface area contributed by atoms with Crippen molar-refractivity contribution in [1.29, 1.82) is 0 Å². The number of benzene rings is 1. The third kappa shape index (κ3) is 1.81. The summed E-state index contributed by atoms with van der Waals surface area (Å²) in [4.78, 5) is 6.03. The van der Waals surface area contributed by atoms with E-state index in [4.69, 9.17) is 0 Å². The molecule has 1 aliphatic heterocycles. The van der Waals surface area contributed by atoms with Crippen LogP contribution in [0.5, 0.6) is 0 Å². The third-order valence-corrected chi connectivity index (χ3v) is 2.85. The van der Waals surface area contributed by atoms with E-state index < -0.39 is 4.65 Å². The molecule has 0 saturated carbocycles. The summed E-state index contributed by atoms with van der Waals surface area (Å²) in [5.74, 6) is 0. The molecule has 4 heteroatoms. The van der Waals surface area contributed by atoms with Crippen LogP contribution in [0.1, 0.15) is 5.56 Å². The van der Waals surface area contributed by atoms with Gasteiger partial charge in [0.15, 0.2) is 12.0 Å². The molecule has 0 aromatic heterocycles. The highest BCUT2D eigenvalue weighted by atomic mass is 16.5. The molecule has 0 N–H and O–H groups in total. The van der Waals surface area contributed by atoms with Gasteiger partial charge in [0.25, 0.3) is 0 Å². The summed E-state index contributed by atoms with van der Waals surface area (Å²) >= 11 is 0. The number of rotatable bonds is 2. The summed E-state index contributed by atoms with van der Waals surface area (Å²) in [6, 6.07) is 5.98. The highest BCUT2D eigenvalue weighted by Gasteiger charge is 2.26. The van der Waals surface area contributed by atoms with Gasteiger partial charge in [-0.1, -0.05) is 6.07 Å². The van der Waals surface area contributed by atoms with Gasteiger partial charge in [-0.15, -0.1) is 0 Å². The highest BCUT2D eigenvalue weighted by molar-refractivity contribution is 5.83. The van der Waals surface area contributed by atoms with Gasteiger partial charge in [-0.25, -0.2) is 4.99 Å². The Hall–Kier alpha value is -1.39. The van der Waals surface area contributed by atoms with Crippen LogP contribution in [0.2, 0.25) is 0 Å². The fourth-order valence-corrected chi connectivity index (χ4v) is 1.95. The minimum atomic E-state index is -0.435. The first-order chi connectivity index (χ1) is 7.53. The minimum Gasteiger partial charge on any atom is -0.621 e. The number of anilines is 1. The van der Waals surface area contributed by atoms with Crippen molar-refractivity contribution < 1.29 is 0 Å². The van der Waals surface area contributed by atoms with E-state index in [2.05, 4.69) is 4.99 Å². The van der Waals surface area contributed by atoms with Crippen molar-refractivity contribution in [2.24, 2.45) is 4.99 Å². The summed E-state index contributed by atoms with van der Waals surface area (Å²) in [6.07, 6.45) is 1.50. The van der Waals surface area contributed by atoms with Crippen molar-refractivity contribution >= 4 is 17.7 Å². The van der Waals surface area contributed by atoms with Crippen molar-refractivity contribution in [1.82, 2.24) is 4.65 Å². The normalized spacial score (nSPS) is 23.8. The SMILES string of the molecule is Cc1ccc(N(C)C)c([N+]2([O-])C=NCC2)c1. The van der Waals surface area contributed by atoms with E-state index in [1.54, 1.807) is 0 Å². The standard InChI is InChI=1S/C12H17N3O/c1-10-4-5-11(14(2)3)12(8-10)15(16)7-6-13-9-15/h4-5,8-9H,6-7H2,1-3H3. The van der Waals surface area contributed by atoms with Gasteiger partial charge in [-0.05, 0) is 18.6 Å². The van der Waals surface area contributed by atoms with Crippen molar-refractivity contribution in [2.45, 2.75) is 6.92 Å². The summed E-state index contributed by atoms with van der Waals surface area (Å²) < 4.78 is -0.435. The number of hydrogen-bond acceptors (Lipinski definition) is 3. The molecule has 0 spiro atoms. The number of nitrogens with zero attached hydrogens (tertiary/aromatic N) is 3. The zero-order chi connectivity index (χ0) is 11.8. The number of hydroxylamine groups is 2. The van der Waals surface area contributed by atoms with Crippen LogP contribution in [0.25, 0.3) is 0 Å². The van der Waals surface area contributed by atoms with Gasteiger partial charge in [0.2, 0.25) is 0 Å². The molecule has 0 bridgehead atoms. The second-order valence-electron chi connectivity index (χ2n) is 4.43. The molecule has 1 aromatic carbocycles. The van der Waals surface area contributed by atoms with Crippen LogP contribution in [0.4, 0.5) is 11.4 Å². The minimum absolute atomic E-state index is 0.435. The van der Waals surface area contributed by atoms with E-state index in [0.29, 0.717) is 13.1 Å². The zero-order valence-corrected chi connectivity index (χ0v) is 9.97. The molecule has 1 unspecified atom stereocenters. The molecule has 0 aliphatic carbocycles. The van der Waals surface area contributed by atoms with Gasteiger partial charge in [0.05, 0.1) is 12.2 Å². The molecule has 1 aliphatic rings. The first kappa shape index (κ1) is 11.1. The Bertz CT molecular complexity index is 428. The Labute approximate surface area is 96.0 Å². The first-order valence-corrected chi connectivity index (χ1v) is 5.41. The van der Waals surface area contributed by atoms with Crippen LogP contribution < -0.4 is 9.55 Å². The molecular weight excluding hydrogens is 202 g/mol. The Morgan fingerprint density at radius 1 is 1.38 bits per heavy atom. The van der Waals surface area contributed by atoms with Gasteiger partial charge in [0.1, 0.15) is 6.54 Å². The monoisotopic (exact) mass is 219 g/mol. The van der Waals surface area contributed by atoms with Gasteiger partial charge >= 0.3 is 0 Å². The topological polar surface area (TPSA) is 38.7 Å². The second kappa shape index (κ2) is 3.88. The highest BCUT2D eigenvalue weighted by Crippen LogP contribution is 2.33. The van der Waals surface area contributed by atoms with E-state index in [1.807, 2.05) is 44.1 Å². The lowest BCUT2D eigenvalue weighted by Crippen LogP contribution is -2.40. The molecule has 0 amide bonds. The summed E-state index contributed by atoms with van der Waals surface area (Å²) in [6.45, 7) is 3.12. The van der Waals surface area contributed by atoms with Crippen LogP contribution in [-0.4, -0.2) is 33.5 Å². The molecule has 4 nitrogen and oxygen atoms in total. The van der Waals surface area contributed by atoms with Gasteiger partial charge in [-0.2, -0.15) is 0 Å². The molecule has 1 heterocycles. The molecule has 0 fully saturated rings. The largest absolute Gasteiger partial charge is 0.621 e. The molecule has 86 valence electrons. The molecule has 16 heavy (non-hydrogen) atoms. The molecule has 0 radical (unpaired) electrons. The zero-order valence-electron chi connectivity index (χ0n) is 9.97. The summed E-state index contributed by atoms with van der Waals surface area (Å²) in [7, 11) is 3.90. The van der Waals surface area contributed by atoms with Crippen LogP contribution in [0, 0.1) is 12.1 Å². The fraction of sp³-hybridized carbons (Fsp3) is 0.417. The van der Waals surface area contributed by atoms with Gasteiger partial charge in [-0.3, -0.25) is 4.65 Å². The molecular formula is C12H17N3O. The maximum absolute atomic E-state index is 12.5. The van der Waals surface area contributed by atoms with Crippen LogP contribution in [-0.2, 0) is 0 Å². The van der Waals surface area contributed by atoms with Crippen molar-refractivity contribution in [3.05, 3.63) is 29.0 Å². The maximum atomic E-state index is 12.5. The van der Waals surface area contributed by atoms with Gasteiger partial charge in [0, 0.05) is 20.2 Å². The molecule has 1 atom stereocenters. The average molecular weight is 219 g/mol. The number of quaternary nitrogens is 1. The smallest absolute Gasteiger partial charge is 0.190 e. The van der Waals surface area contributed by atoms with E-state index >= 15 is 0 Å². The van der Waals surface area contributed by atoms with E-state index in [9.17, 15) is 5.21 Å². The molecule has 0 saturated heterocycles. The van der Waals surface area contributed by atoms with E-state index in [-0.39, 0.29) is 0 Å².